The molecule has 0 aliphatic heterocycles. The Morgan fingerprint density at radius 2 is 1.81 bits per heavy atom. The van der Waals surface area contributed by atoms with E-state index in [0.29, 0.717) is 12.5 Å². The smallest absolute Gasteiger partial charge is 0.213 e. The van der Waals surface area contributed by atoms with E-state index in [0.717, 1.165) is 16.6 Å². The van der Waals surface area contributed by atoms with Crippen molar-refractivity contribution in [3.63, 3.8) is 0 Å². The molecule has 3 nitrogen and oxygen atoms in total. The van der Waals surface area contributed by atoms with Crippen LogP contribution in [-0.2, 0) is 13.2 Å². The number of hydrogen-bond acceptors (Lipinski definition) is 3. The lowest BCUT2D eigenvalue weighted by atomic mass is 10.1. The van der Waals surface area contributed by atoms with Gasteiger partial charge in [-0.1, -0.05) is 28.1 Å². The number of nitrogens with zero attached hydrogens (tertiary/aromatic N) is 1. The topological polar surface area (TPSA) is 34.2 Å². The van der Waals surface area contributed by atoms with E-state index in [1.54, 1.807) is 6.20 Å². The van der Waals surface area contributed by atoms with Gasteiger partial charge < -0.3 is 10.1 Å². The van der Waals surface area contributed by atoms with Gasteiger partial charge in [-0.25, -0.2) is 4.98 Å². The van der Waals surface area contributed by atoms with Gasteiger partial charge in [-0.3, -0.25) is 0 Å². The van der Waals surface area contributed by atoms with E-state index >= 15 is 0 Å². The molecular formula is C17H21BrN2O. The van der Waals surface area contributed by atoms with Crippen LogP contribution < -0.4 is 10.1 Å². The molecule has 1 heterocycles. The highest BCUT2D eigenvalue weighted by Gasteiger charge is 2.08. The molecule has 1 aromatic carbocycles. The summed E-state index contributed by atoms with van der Waals surface area (Å²) in [6.45, 7) is 7.79. The molecule has 1 aromatic heterocycles. The van der Waals surface area contributed by atoms with Gasteiger partial charge in [-0.2, -0.15) is 0 Å². The summed E-state index contributed by atoms with van der Waals surface area (Å²) in [5.74, 6) is 0.658. The van der Waals surface area contributed by atoms with E-state index in [9.17, 15) is 0 Å². The minimum Gasteiger partial charge on any atom is -0.473 e. The molecule has 0 atom stereocenters. The summed E-state index contributed by atoms with van der Waals surface area (Å²) in [7, 11) is 0. The predicted molar refractivity (Wildman–Crippen MR) is 89.3 cm³/mol. The van der Waals surface area contributed by atoms with Crippen molar-refractivity contribution in [3.8, 4) is 5.88 Å². The molecule has 0 saturated heterocycles. The van der Waals surface area contributed by atoms with Crippen molar-refractivity contribution < 1.29 is 4.74 Å². The fourth-order valence-corrected chi connectivity index (χ4v) is 2.01. The molecule has 0 fully saturated rings. The van der Waals surface area contributed by atoms with Gasteiger partial charge in [0.05, 0.1) is 0 Å². The van der Waals surface area contributed by atoms with Gasteiger partial charge in [0, 0.05) is 28.8 Å². The van der Waals surface area contributed by atoms with Gasteiger partial charge in [-0.05, 0) is 50.1 Å². The standard InChI is InChI=1S/C17H21BrN2O/c1-17(2,3)20-11-14-8-9-19-16(10-14)21-12-13-4-6-15(18)7-5-13/h4-10,20H,11-12H2,1-3H3. The van der Waals surface area contributed by atoms with Crippen LogP contribution in [0.1, 0.15) is 31.9 Å². The molecule has 112 valence electrons. The summed E-state index contributed by atoms with van der Waals surface area (Å²) in [6, 6.07) is 12.1. The van der Waals surface area contributed by atoms with Crippen LogP contribution in [-0.4, -0.2) is 10.5 Å². The molecule has 0 aliphatic rings. The molecule has 0 amide bonds. The van der Waals surface area contributed by atoms with E-state index in [-0.39, 0.29) is 5.54 Å². The minimum atomic E-state index is 0.0989. The highest BCUT2D eigenvalue weighted by atomic mass is 79.9. The fourth-order valence-electron chi connectivity index (χ4n) is 1.74. The Kier molecular flexibility index (Phi) is 5.37. The quantitative estimate of drug-likeness (QED) is 0.873. The van der Waals surface area contributed by atoms with Crippen molar-refractivity contribution in [2.24, 2.45) is 0 Å². The summed E-state index contributed by atoms with van der Waals surface area (Å²) in [5.41, 5.74) is 2.39. The number of ether oxygens (including phenoxy) is 1. The average molecular weight is 349 g/mol. The Labute approximate surface area is 134 Å². The zero-order valence-electron chi connectivity index (χ0n) is 12.7. The number of hydrogen-bond donors (Lipinski definition) is 1. The molecule has 0 aliphatic carbocycles. The van der Waals surface area contributed by atoms with E-state index in [4.69, 9.17) is 4.74 Å². The zero-order chi connectivity index (χ0) is 15.3. The van der Waals surface area contributed by atoms with Gasteiger partial charge in [0.15, 0.2) is 0 Å². The van der Waals surface area contributed by atoms with Crippen LogP contribution in [0.3, 0.4) is 0 Å². The molecular weight excluding hydrogens is 328 g/mol. The number of benzene rings is 1. The van der Waals surface area contributed by atoms with E-state index in [2.05, 4.69) is 47.0 Å². The first-order valence-electron chi connectivity index (χ1n) is 6.99. The maximum atomic E-state index is 5.75. The Hall–Kier alpha value is -1.39. The van der Waals surface area contributed by atoms with Crippen molar-refractivity contribution in [3.05, 3.63) is 58.2 Å². The van der Waals surface area contributed by atoms with Gasteiger partial charge in [-0.15, -0.1) is 0 Å². The van der Waals surface area contributed by atoms with E-state index < -0.39 is 0 Å². The molecule has 1 N–H and O–H groups in total. The number of halogens is 1. The lowest BCUT2D eigenvalue weighted by Crippen LogP contribution is -2.35. The molecule has 0 unspecified atom stereocenters. The van der Waals surface area contributed by atoms with Crippen LogP contribution in [0.15, 0.2) is 47.1 Å². The van der Waals surface area contributed by atoms with E-state index in [1.165, 1.54) is 5.56 Å². The largest absolute Gasteiger partial charge is 0.473 e. The van der Waals surface area contributed by atoms with Crippen LogP contribution in [0.2, 0.25) is 0 Å². The van der Waals surface area contributed by atoms with E-state index in [1.807, 2.05) is 36.4 Å². The lowest BCUT2D eigenvalue weighted by molar-refractivity contribution is 0.293. The summed E-state index contributed by atoms with van der Waals surface area (Å²) in [4.78, 5) is 4.26. The maximum absolute atomic E-state index is 5.75. The number of aromatic nitrogens is 1. The van der Waals surface area contributed by atoms with Crippen molar-refractivity contribution >= 4 is 15.9 Å². The van der Waals surface area contributed by atoms with Gasteiger partial charge >= 0.3 is 0 Å². The molecule has 2 aromatic rings. The second-order valence-corrected chi connectivity index (χ2v) is 6.94. The fraction of sp³-hybridized carbons (Fsp3) is 0.353. The Bertz CT molecular complexity index is 576. The zero-order valence-corrected chi connectivity index (χ0v) is 14.3. The van der Waals surface area contributed by atoms with Crippen LogP contribution in [0, 0.1) is 0 Å². The summed E-state index contributed by atoms with van der Waals surface area (Å²) in [5, 5.41) is 3.46. The Morgan fingerprint density at radius 3 is 2.48 bits per heavy atom. The number of rotatable bonds is 5. The second-order valence-electron chi connectivity index (χ2n) is 6.02. The summed E-state index contributed by atoms with van der Waals surface area (Å²) < 4.78 is 6.82. The summed E-state index contributed by atoms with van der Waals surface area (Å²) in [6.07, 6.45) is 1.79. The molecule has 0 bridgehead atoms. The monoisotopic (exact) mass is 348 g/mol. The first-order chi connectivity index (χ1) is 9.92. The third-order valence-corrected chi connectivity index (χ3v) is 3.45. The molecule has 0 radical (unpaired) electrons. The van der Waals surface area contributed by atoms with Gasteiger partial charge in [0.2, 0.25) is 5.88 Å². The summed E-state index contributed by atoms with van der Waals surface area (Å²) >= 11 is 3.42. The highest BCUT2D eigenvalue weighted by Crippen LogP contribution is 2.15. The normalized spacial score (nSPS) is 11.4. The van der Waals surface area contributed by atoms with Crippen molar-refractivity contribution in [2.75, 3.05) is 0 Å². The number of pyridine rings is 1. The molecule has 2 rings (SSSR count). The lowest BCUT2D eigenvalue weighted by Gasteiger charge is -2.20. The Balaban J connectivity index is 1.93. The molecule has 0 saturated carbocycles. The first kappa shape index (κ1) is 16.0. The Morgan fingerprint density at radius 1 is 1.10 bits per heavy atom. The van der Waals surface area contributed by atoms with Crippen molar-refractivity contribution in [2.45, 2.75) is 39.5 Å². The average Bonchev–Trinajstić information content (AvgIpc) is 2.44. The molecule has 21 heavy (non-hydrogen) atoms. The second kappa shape index (κ2) is 7.05. The van der Waals surface area contributed by atoms with Gasteiger partial charge in [0.1, 0.15) is 6.61 Å². The van der Waals surface area contributed by atoms with Gasteiger partial charge in [0.25, 0.3) is 0 Å². The van der Waals surface area contributed by atoms with Crippen LogP contribution in [0.4, 0.5) is 0 Å². The van der Waals surface area contributed by atoms with Crippen LogP contribution >= 0.6 is 15.9 Å². The predicted octanol–water partition coefficient (Wildman–Crippen LogP) is 4.31. The van der Waals surface area contributed by atoms with Crippen LogP contribution in [0.5, 0.6) is 5.88 Å². The minimum absolute atomic E-state index is 0.0989. The van der Waals surface area contributed by atoms with Crippen molar-refractivity contribution in [1.82, 2.24) is 10.3 Å². The third kappa shape index (κ3) is 5.86. The highest BCUT2D eigenvalue weighted by molar-refractivity contribution is 9.10. The first-order valence-corrected chi connectivity index (χ1v) is 7.79. The van der Waals surface area contributed by atoms with Crippen molar-refractivity contribution in [1.29, 1.82) is 0 Å². The molecule has 0 spiro atoms. The number of nitrogens with one attached hydrogen (secondary N) is 1. The SMILES string of the molecule is CC(C)(C)NCc1ccnc(OCc2ccc(Br)cc2)c1. The van der Waals surface area contributed by atoms with Crippen LogP contribution in [0.25, 0.3) is 0 Å². The maximum Gasteiger partial charge on any atom is 0.213 e. The molecule has 4 heteroatoms. The third-order valence-electron chi connectivity index (χ3n) is 2.92.